The number of aromatic nitrogens is 4. The van der Waals surface area contributed by atoms with Crippen LogP contribution in [-0.4, -0.2) is 49.8 Å². The highest BCUT2D eigenvalue weighted by atomic mass is 16.1. The maximum Gasteiger partial charge on any atom is 0.256 e. The molecule has 1 unspecified atom stereocenters. The molecule has 0 radical (unpaired) electrons. The van der Waals surface area contributed by atoms with Crippen molar-refractivity contribution in [3.8, 4) is 23.2 Å². The van der Waals surface area contributed by atoms with Crippen molar-refractivity contribution in [2.45, 2.75) is 38.0 Å². The molecule has 2 aliphatic rings. The van der Waals surface area contributed by atoms with Gasteiger partial charge in [0.1, 0.15) is 11.6 Å². The number of carbonyl (C=O) groups excluding carboxylic acids is 1. The summed E-state index contributed by atoms with van der Waals surface area (Å²) in [4.78, 5) is 28.9. The second-order valence-electron chi connectivity index (χ2n) is 9.77. The lowest BCUT2D eigenvalue weighted by molar-refractivity contribution is 0.102. The molecule has 1 aliphatic heterocycles. The van der Waals surface area contributed by atoms with Crippen LogP contribution < -0.4 is 11.1 Å². The van der Waals surface area contributed by atoms with E-state index in [4.69, 9.17) is 10.7 Å². The molecule has 1 aromatic carbocycles. The Morgan fingerprint density at radius 1 is 1.08 bits per heavy atom. The molecule has 6 rings (SSSR count). The van der Waals surface area contributed by atoms with E-state index in [0.29, 0.717) is 29.2 Å². The molecule has 37 heavy (non-hydrogen) atoms. The summed E-state index contributed by atoms with van der Waals surface area (Å²) in [5.41, 5.74) is 11.0. The second-order valence-corrected chi connectivity index (χ2v) is 9.77. The van der Waals surface area contributed by atoms with Gasteiger partial charge >= 0.3 is 0 Å². The Morgan fingerprint density at radius 3 is 2.68 bits per heavy atom. The van der Waals surface area contributed by atoms with E-state index in [1.807, 2.05) is 53.8 Å². The fourth-order valence-corrected chi connectivity index (χ4v) is 5.11. The number of likely N-dealkylation sites (tertiary alicyclic amines) is 1. The lowest BCUT2D eigenvalue weighted by atomic mass is 10.0. The standard InChI is InChI=1S/C29H29N7O/c1-2-3-15-35-16-12-23(18-35)26-24-11-14-32-29(30)36(24)27(34-26)20-6-8-21(9-7-20)28(37)33-25-17-22(10-13-31-25)19-4-5-19/h6-11,13-14,17,19,23H,4-5,12,15-16,18H2,1H3,(H2,30,32)(H,31,33,37). The molecule has 186 valence electrons. The number of anilines is 2. The first kappa shape index (κ1) is 23.2. The van der Waals surface area contributed by atoms with Gasteiger partial charge in [0.15, 0.2) is 0 Å². The number of hydrogen-bond donors (Lipinski definition) is 2. The van der Waals surface area contributed by atoms with Crippen molar-refractivity contribution in [1.82, 2.24) is 24.3 Å². The van der Waals surface area contributed by atoms with Crippen molar-refractivity contribution in [2.24, 2.45) is 0 Å². The highest BCUT2D eigenvalue weighted by Crippen LogP contribution is 2.40. The van der Waals surface area contributed by atoms with Crippen molar-refractivity contribution in [1.29, 1.82) is 0 Å². The Kier molecular flexibility index (Phi) is 6.07. The number of pyridine rings is 1. The van der Waals surface area contributed by atoms with Crippen LogP contribution in [0.2, 0.25) is 0 Å². The topological polar surface area (TPSA) is 101 Å². The predicted octanol–water partition coefficient (Wildman–Crippen LogP) is 4.32. The van der Waals surface area contributed by atoms with Crippen LogP contribution in [0, 0.1) is 11.8 Å². The largest absolute Gasteiger partial charge is 0.369 e. The predicted molar refractivity (Wildman–Crippen MR) is 144 cm³/mol. The number of carbonyl (C=O) groups is 1. The van der Waals surface area contributed by atoms with Gasteiger partial charge in [-0.3, -0.25) is 14.1 Å². The molecule has 2 fully saturated rings. The highest BCUT2D eigenvalue weighted by Gasteiger charge is 2.29. The average Bonchev–Trinajstić information content (AvgIpc) is 3.54. The molecule has 1 aliphatic carbocycles. The van der Waals surface area contributed by atoms with Crippen molar-refractivity contribution in [2.75, 3.05) is 30.7 Å². The number of hydrogen-bond acceptors (Lipinski definition) is 6. The molecule has 3 aromatic heterocycles. The van der Waals surface area contributed by atoms with Crippen LogP contribution >= 0.6 is 0 Å². The Morgan fingerprint density at radius 2 is 1.89 bits per heavy atom. The van der Waals surface area contributed by atoms with E-state index in [0.717, 1.165) is 48.7 Å². The summed E-state index contributed by atoms with van der Waals surface area (Å²) in [6, 6.07) is 13.4. The van der Waals surface area contributed by atoms with Gasteiger partial charge < -0.3 is 11.1 Å². The molecule has 8 nitrogen and oxygen atoms in total. The second kappa shape index (κ2) is 9.68. The molecule has 1 amide bonds. The Balaban J connectivity index is 1.26. The van der Waals surface area contributed by atoms with Gasteiger partial charge in [-0.15, -0.1) is 5.92 Å². The Hall–Kier alpha value is -4.22. The normalized spacial score (nSPS) is 17.5. The third-order valence-electron chi connectivity index (χ3n) is 7.23. The molecule has 3 N–H and O–H groups in total. The van der Waals surface area contributed by atoms with E-state index in [-0.39, 0.29) is 5.91 Å². The van der Waals surface area contributed by atoms with Gasteiger partial charge in [0, 0.05) is 36.0 Å². The summed E-state index contributed by atoms with van der Waals surface area (Å²) in [5.74, 6) is 8.55. The van der Waals surface area contributed by atoms with E-state index in [1.165, 1.54) is 18.4 Å². The number of fused-ring (bicyclic) bond motifs is 1. The molecule has 8 heteroatoms. The third kappa shape index (κ3) is 4.66. The van der Waals surface area contributed by atoms with E-state index >= 15 is 0 Å². The monoisotopic (exact) mass is 491 g/mol. The van der Waals surface area contributed by atoms with Crippen molar-refractivity contribution in [3.63, 3.8) is 0 Å². The molecule has 1 saturated heterocycles. The number of imidazole rings is 1. The molecule has 4 heterocycles. The molecular formula is C29H29N7O. The van der Waals surface area contributed by atoms with E-state index in [2.05, 4.69) is 32.0 Å². The first-order valence-electron chi connectivity index (χ1n) is 12.7. The third-order valence-corrected chi connectivity index (χ3v) is 7.23. The molecule has 0 bridgehead atoms. The molecule has 4 aromatic rings. The molecule has 0 spiro atoms. The van der Waals surface area contributed by atoms with Crippen LogP contribution in [0.1, 0.15) is 59.6 Å². The van der Waals surface area contributed by atoms with Crippen LogP contribution in [0.3, 0.4) is 0 Å². The summed E-state index contributed by atoms with van der Waals surface area (Å²) in [6.45, 7) is 4.56. The lowest BCUT2D eigenvalue weighted by Crippen LogP contribution is -2.20. The average molecular weight is 492 g/mol. The number of nitrogens with one attached hydrogen (secondary N) is 1. The summed E-state index contributed by atoms with van der Waals surface area (Å²) >= 11 is 0. The zero-order valence-corrected chi connectivity index (χ0v) is 20.8. The minimum atomic E-state index is -0.192. The number of amides is 1. The van der Waals surface area contributed by atoms with Crippen LogP contribution in [-0.2, 0) is 0 Å². The van der Waals surface area contributed by atoms with Crippen molar-refractivity contribution in [3.05, 3.63) is 71.7 Å². The van der Waals surface area contributed by atoms with Crippen LogP contribution in [0.15, 0.2) is 54.9 Å². The van der Waals surface area contributed by atoms with E-state index in [9.17, 15) is 4.79 Å². The van der Waals surface area contributed by atoms with Crippen LogP contribution in [0.5, 0.6) is 0 Å². The van der Waals surface area contributed by atoms with Crippen molar-refractivity contribution < 1.29 is 4.79 Å². The van der Waals surface area contributed by atoms with E-state index in [1.54, 1.807) is 12.4 Å². The number of nitrogens with zero attached hydrogens (tertiary/aromatic N) is 5. The lowest BCUT2D eigenvalue weighted by Gasteiger charge is -2.11. The summed E-state index contributed by atoms with van der Waals surface area (Å²) in [5, 5.41) is 2.92. The Labute approximate surface area is 216 Å². The SMILES string of the molecule is CC#CCN1CCC(c2nc(-c3ccc(C(=O)Nc4cc(C5CC5)ccn4)cc3)n3c(N)nccc23)C1. The van der Waals surface area contributed by atoms with Gasteiger partial charge in [-0.2, -0.15) is 0 Å². The van der Waals surface area contributed by atoms with Gasteiger partial charge in [-0.05, 0) is 74.5 Å². The summed E-state index contributed by atoms with van der Waals surface area (Å²) in [7, 11) is 0. The fourth-order valence-electron chi connectivity index (χ4n) is 5.11. The number of nitrogens with two attached hydrogens (primary N) is 1. The van der Waals surface area contributed by atoms with Gasteiger partial charge in [-0.1, -0.05) is 18.1 Å². The zero-order valence-electron chi connectivity index (χ0n) is 20.8. The quantitative estimate of drug-likeness (QED) is 0.390. The number of benzene rings is 1. The minimum absolute atomic E-state index is 0.192. The van der Waals surface area contributed by atoms with E-state index < -0.39 is 0 Å². The minimum Gasteiger partial charge on any atom is -0.369 e. The zero-order chi connectivity index (χ0) is 25.4. The molecule has 1 atom stereocenters. The van der Waals surface area contributed by atoms with Gasteiger partial charge in [0.2, 0.25) is 5.95 Å². The number of nitrogen functional groups attached to an aromatic ring is 1. The maximum atomic E-state index is 12.9. The molecule has 1 saturated carbocycles. The summed E-state index contributed by atoms with van der Waals surface area (Å²) in [6.07, 6.45) is 6.92. The van der Waals surface area contributed by atoms with Gasteiger partial charge in [0.25, 0.3) is 5.91 Å². The van der Waals surface area contributed by atoms with Crippen LogP contribution in [0.4, 0.5) is 11.8 Å². The van der Waals surface area contributed by atoms with Gasteiger partial charge in [-0.25, -0.2) is 15.0 Å². The first-order valence-corrected chi connectivity index (χ1v) is 12.7. The first-order chi connectivity index (χ1) is 18.1. The number of rotatable bonds is 6. The smallest absolute Gasteiger partial charge is 0.256 e. The molecular weight excluding hydrogens is 462 g/mol. The van der Waals surface area contributed by atoms with Crippen LogP contribution in [0.25, 0.3) is 16.9 Å². The Bertz CT molecular complexity index is 1530. The fraction of sp³-hybridized carbons (Fsp3) is 0.310. The highest BCUT2D eigenvalue weighted by molar-refractivity contribution is 6.04. The maximum absolute atomic E-state index is 12.9. The van der Waals surface area contributed by atoms with Gasteiger partial charge in [0.05, 0.1) is 17.8 Å². The summed E-state index contributed by atoms with van der Waals surface area (Å²) < 4.78 is 1.91. The van der Waals surface area contributed by atoms with Crippen molar-refractivity contribution >= 4 is 23.2 Å².